The maximum Gasteiger partial charge on any atom is 1.00 e. The molecule has 2 heterocycles. The quantitative estimate of drug-likeness (QED) is 0.109. The van der Waals surface area contributed by atoms with Crippen LogP contribution in [0, 0.1) is 6.92 Å². The van der Waals surface area contributed by atoms with Gasteiger partial charge in [-0.1, -0.05) is 29.0 Å². The number of rotatable bonds is 5. The molecular formula is C26H23BrF4K2O7S2. The molecule has 218 valence electrons. The van der Waals surface area contributed by atoms with E-state index in [1.165, 1.54) is 28.2 Å². The van der Waals surface area contributed by atoms with E-state index in [-0.39, 0.29) is 116 Å². The van der Waals surface area contributed by atoms with E-state index in [4.69, 9.17) is 21.3 Å². The molecule has 0 aliphatic rings. The van der Waals surface area contributed by atoms with Crippen LogP contribution in [-0.4, -0.2) is 31.3 Å². The van der Waals surface area contributed by atoms with E-state index >= 15 is 0 Å². The summed E-state index contributed by atoms with van der Waals surface area (Å²) < 4.78 is 57.6. The average Bonchev–Trinajstić information content (AvgIpc) is 3.59. The Hall–Kier alpha value is -0.317. The number of hydrogen-bond acceptors (Lipinski definition) is 9. The molecule has 0 aliphatic carbocycles. The van der Waals surface area contributed by atoms with Crippen LogP contribution in [0.25, 0.3) is 0 Å². The summed E-state index contributed by atoms with van der Waals surface area (Å²) in [6, 6.07) is 18.7. The van der Waals surface area contributed by atoms with Crippen LogP contribution in [-0.2, 0) is 15.9 Å². The van der Waals surface area contributed by atoms with Crippen LogP contribution in [0.1, 0.15) is 33.3 Å². The van der Waals surface area contributed by atoms with Crippen molar-refractivity contribution in [3.05, 3.63) is 97.5 Å². The summed E-state index contributed by atoms with van der Waals surface area (Å²) in [7, 11) is -1.00. The Morgan fingerprint density at radius 1 is 0.905 bits per heavy atom. The van der Waals surface area contributed by atoms with Gasteiger partial charge in [-0.25, -0.2) is 0 Å². The zero-order valence-electron chi connectivity index (χ0n) is 24.5. The maximum atomic E-state index is 11.8. The number of phenolic OH excluding ortho intramolecular Hbond substituents is 1. The van der Waals surface area contributed by atoms with Gasteiger partial charge in [-0.15, -0.1) is 11.3 Å². The van der Waals surface area contributed by atoms with Gasteiger partial charge in [-0.05, 0) is 83.5 Å². The third-order valence-corrected chi connectivity index (χ3v) is 6.34. The number of carbonyl (C=O) groups excluding carboxylic acids is 3. The first kappa shape index (κ1) is 43.8. The number of ether oxygens (including phenoxy) is 1. The third-order valence-electron chi connectivity index (χ3n) is 3.90. The first-order chi connectivity index (χ1) is 19.4. The molecule has 1 N–H and O–H groups in total. The fourth-order valence-electron chi connectivity index (χ4n) is 2.22. The van der Waals surface area contributed by atoms with Crippen molar-refractivity contribution in [3.63, 3.8) is 0 Å². The van der Waals surface area contributed by atoms with E-state index in [2.05, 4.69) is 20.8 Å². The molecule has 4 aromatic rings. The van der Waals surface area contributed by atoms with Crippen LogP contribution >= 0.6 is 38.6 Å². The first-order valence-electron chi connectivity index (χ1n) is 11.1. The van der Waals surface area contributed by atoms with Crippen molar-refractivity contribution in [3.8, 4) is 16.6 Å². The van der Waals surface area contributed by atoms with Crippen molar-refractivity contribution in [2.45, 2.75) is 13.1 Å². The number of aryl methyl sites for hydroxylation is 1. The molecule has 0 amide bonds. The van der Waals surface area contributed by atoms with Gasteiger partial charge in [-0.2, -0.15) is 13.2 Å². The molecule has 0 unspecified atom stereocenters. The van der Waals surface area contributed by atoms with E-state index in [0.29, 0.717) is 4.88 Å². The average molecular weight is 747 g/mol. The molecule has 0 fully saturated rings. The predicted octanol–water partition coefficient (Wildman–Crippen LogP) is 1.54. The molecule has 0 saturated carbocycles. The molecule has 0 aliphatic heterocycles. The van der Waals surface area contributed by atoms with Crippen molar-refractivity contribution in [1.82, 2.24) is 0 Å². The van der Waals surface area contributed by atoms with Gasteiger partial charge in [0.2, 0.25) is 0 Å². The third kappa shape index (κ3) is 21.4. The fourth-order valence-corrected chi connectivity index (χ4v) is 4.15. The van der Waals surface area contributed by atoms with Gasteiger partial charge < -0.3 is 21.4 Å². The van der Waals surface area contributed by atoms with Crippen molar-refractivity contribution in [2.75, 3.05) is 7.15 Å². The van der Waals surface area contributed by atoms with E-state index in [1.807, 2.05) is 37.3 Å². The van der Waals surface area contributed by atoms with Gasteiger partial charge in [0, 0.05) is 0 Å². The molecule has 2 aromatic heterocycles. The van der Waals surface area contributed by atoms with Gasteiger partial charge in [0.05, 0.1) is 27.6 Å². The van der Waals surface area contributed by atoms with Crippen molar-refractivity contribution >= 4 is 57.6 Å². The number of halogens is 5. The second-order valence-corrected chi connectivity index (χ2v) is 10.3. The second-order valence-electron chi connectivity index (χ2n) is 6.69. The largest absolute Gasteiger partial charge is 1.00 e. The first-order valence-corrected chi connectivity index (χ1v) is 12.8. The number of aromatic hydroxyl groups is 1. The summed E-state index contributed by atoms with van der Waals surface area (Å²) in [4.78, 5) is 33.2. The van der Waals surface area contributed by atoms with Gasteiger partial charge in [0.1, 0.15) is 11.5 Å². The van der Waals surface area contributed by atoms with Crippen molar-refractivity contribution in [2.24, 2.45) is 0 Å². The zero-order chi connectivity index (χ0) is 31.3. The number of hydrogen-bond donors (Lipinski definition) is 1. The van der Waals surface area contributed by atoms with Crippen molar-refractivity contribution in [1.29, 1.82) is 0 Å². The van der Waals surface area contributed by atoms with Gasteiger partial charge in [0.15, 0.2) is 17.6 Å². The van der Waals surface area contributed by atoms with E-state index in [9.17, 15) is 27.2 Å². The van der Waals surface area contributed by atoms with Crippen LogP contribution in [0.4, 0.5) is 17.6 Å². The SMILES string of the molecule is Cc1ccc(Oc2ccc(C=O)s2)cc1.O=CO[O-].O=Cc1ccc(Br)s1.Oc1ccc(C(F)(F)F)cc1.[2H]CF.[H-].[K+].[K+]. The van der Waals surface area contributed by atoms with Crippen LogP contribution < -0.4 is 113 Å². The molecule has 2 aromatic carbocycles. The predicted molar refractivity (Wildman–Crippen MR) is 147 cm³/mol. The number of alkyl halides is 4. The summed E-state index contributed by atoms with van der Waals surface area (Å²) in [6.07, 6.45) is -2.66. The second kappa shape index (κ2) is 27.0. The van der Waals surface area contributed by atoms with Crippen molar-refractivity contribution < 1.29 is 157 Å². The normalized spacial score (nSPS) is 9.26. The zero-order valence-corrected chi connectivity index (χ0v) is 31.9. The van der Waals surface area contributed by atoms with E-state index < -0.39 is 18.9 Å². The summed E-state index contributed by atoms with van der Waals surface area (Å²) in [6.45, 7) is 1.85. The molecule has 0 spiro atoms. The Balaban J connectivity index is -0.000000246. The van der Waals surface area contributed by atoms with E-state index in [0.717, 1.165) is 56.3 Å². The van der Waals surface area contributed by atoms with Crippen LogP contribution in [0.2, 0.25) is 0 Å². The smallest absolute Gasteiger partial charge is 1.00 e. The monoisotopic (exact) mass is 745 g/mol. The number of phenols is 1. The summed E-state index contributed by atoms with van der Waals surface area (Å²) in [5.74, 6) is 0.623. The Labute approximate surface area is 344 Å². The van der Waals surface area contributed by atoms with Gasteiger partial charge >= 0.3 is 109 Å². The topological polar surface area (TPSA) is 113 Å². The number of carbonyl (C=O) groups is 3. The molecular weight excluding hydrogens is 723 g/mol. The Bertz CT molecular complexity index is 1300. The number of thiophene rings is 2. The number of benzene rings is 2. The van der Waals surface area contributed by atoms with Gasteiger partial charge in [0.25, 0.3) is 6.47 Å². The fraction of sp³-hybridized carbons (Fsp3) is 0.115. The molecule has 42 heavy (non-hydrogen) atoms. The molecule has 7 nitrogen and oxygen atoms in total. The Morgan fingerprint density at radius 3 is 1.74 bits per heavy atom. The molecule has 16 heteroatoms. The molecule has 0 atom stereocenters. The Kier molecular flexibility index (Phi) is 28.2. The van der Waals surface area contributed by atoms with Crippen LogP contribution in [0.5, 0.6) is 16.6 Å². The molecule has 0 saturated heterocycles. The summed E-state index contributed by atoms with van der Waals surface area (Å²) >= 11 is 6.01. The van der Waals surface area contributed by atoms with E-state index in [1.54, 1.807) is 18.2 Å². The number of aldehydes is 2. The summed E-state index contributed by atoms with van der Waals surface area (Å²) in [5, 5.41) is 17.8. The van der Waals surface area contributed by atoms with Crippen LogP contribution in [0.15, 0.2) is 76.6 Å². The minimum Gasteiger partial charge on any atom is -1.00 e. The molecule has 4 rings (SSSR count). The van der Waals surface area contributed by atoms with Crippen LogP contribution in [0.3, 0.4) is 0 Å². The molecule has 0 bridgehead atoms. The summed E-state index contributed by atoms with van der Waals surface area (Å²) in [5.41, 5.74) is 0.442. The Morgan fingerprint density at radius 2 is 1.38 bits per heavy atom. The standard InChI is InChI=1S/C12H10O2S.C7H5F3O.C5H3BrOS.CH3F.CH2O3.2K.H/c1-9-2-4-10(5-3-9)14-12-7-6-11(8-13)15-12;8-7(9,10)5-1-3-6(11)4-2-5;6-5-2-1-4(3-7)8-5;1-2;2-1-4-3;;;/h2-8H,1H3;1-4,11H;1-3H;1H3;1,3H;;;/q;;;;;2*+1;-1/p-1/i;;;1D;;;;. The van der Waals surface area contributed by atoms with Gasteiger partial charge in [-0.3, -0.25) is 18.8 Å². The maximum absolute atomic E-state index is 11.8. The minimum absolute atomic E-state index is 0. The molecule has 0 radical (unpaired) electrons. The minimum atomic E-state index is -4.33.